The van der Waals surface area contributed by atoms with Crippen LogP contribution in [0, 0.1) is 12.7 Å². The minimum absolute atomic E-state index is 0.0164. The van der Waals surface area contributed by atoms with E-state index in [1.165, 1.54) is 12.1 Å². The van der Waals surface area contributed by atoms with Crippen LogP contribution in [0.4, 0.5) is 15.8 Å². The number of para-hydroxylation sites is 1. The van der Waals surface area contributed by atoms with E-state index in [0.717, 1.165) is 5.56 Å². The van der Waals surface area contributed by atoms with Gasteiger partial charge in [0.1, 0.15) is 5.82 Å². The second-order valence-electron chi connectivity index (χ2n) is 5.91. The quantitative estimate of drug-likeness (QED) is 0.711. The summed E-state index contributed by atoms with van der Waals surface area (Å²) in [7, 11) is 0. The van der Waals surface area contributed by atoms with E-state index in [9.17, 15) is 9.18 Å². The Balaban J connectivity index is 2.04. The molecule has 0 saturated carbocycles. The van der Waals surface area contributed by atoms with E-state index in [-0.39, 0.29) is 5.56 Å². The molecule has 0 aliphatic heterocycles. The van der Waals surface area contributed by atoms with Crippen molar-refractivity contribution in [3.8, 4) is 0 Å². The lowest BCUT2D eigenvalue weighted by Crippen LogP contribution is -2.31. The Hall–Kier alpha value is -3.14. The van der Waals surface area contributed by atoms with E-state index in [4.69, 9.17) is 5.73 Å². The van der Waals surface area contributed by atoms with Gasteiger partial charge < -0.3 is 10.6 Å². The van der Waals surface area contributed by atoms with Gasteiger partial charge in [-0.3, -0.25) is 4.79 Å². The van der Waals surface area contributed by atoms with Crippen LogP contribution in [0.15, 0.2) is 72.8 Å². The molecule has 1 amide bonds. The second kappa shape index (κ2) is 7.18. The van der Waals surface area contributed by atoms with Crippen molar-refractivity contribution in [3.05, 3.63) is 95.3 Å². The number of amides is 1. The van der Waals surface area contributed by atoms with Crippen LogP contribution < -0.4 is 10.6 Å². The van der Waals surface area contributed by atoms with E-state index in [1.54, 1.807) is 11.8 Å². The molecule has 0 aliphatic rings. The lowest BCUT2D eigenvalue weighted by atomic mass is 10.1. The predicted octanol–water partition coefficient (Wildman–Crippen LogP) is 4.56. The third-order valence-corrected chi connectivity index (χ3v) is 4.00. The largest absolute Gasteiger partial charge is 0.399 e. The summed E-state index contributed by atoms with van der Waals surface area (Å²) < 4.78 is 14.5. The van der Waals surface area contributed by atoms with E-state index < -0.39 is 11.7 Å². The topological polar surface area (TPSA) is 46.3 Å². The fourth-order valence-corrected chi connectivity index (χ4v) is 2.75. The van der Waals surface area contributed by atoms with Crippen molar-refractivity contribution in [2.45, 2.75) is 13.5 Å². The van der Waals surface area contributed by atoms with Gasteiger partial charge in [-0.25, -0.2) is 4.39 Å². The summed E-state index contributed by atoms with van der Waals surface area (Å²) in [4.78, 5) is 14.7. The molecule has 0 bridgehead atoms. The summed E-state index contributed by atoms with van der Waals surface area (Å²) in [6, 6.07) is 21.8. The van der Waals surface area contributed by atoms with Gasteiger partial charge in [-0.1, -0.05) is 48.5 Å². The number of anilines is 2. The molecule has 0 saturated heterocycles. The maximum absolute atomic E-state index is 14.5. The molecule has 0 fully saturated rings. The molecule has 3 rings (SSSR count). The molecule has 0 atom stereocenters. The number of carbonyl (C=O) groups is 1. The minimum atomic E-state index is -0.534. The number of nitrogen functional groups attached to an aromatic ring is 1. The Morgan fingerprint density at radius 3 is 2.24 bits per heavy atom. The van der Waals surface area contributed by atoms with Gasteiger partial charge in [-0.05, 0) is 42.3 Å². The van der Waals surface area contributed by atoms with Crippen LogP contribution in [0.2, 0.25) is 0 Å². The lowest BCUT2D eigenvalue weighted by Gasteiger charge is -2.24. The molecular formula is C21H19FN2O. The standard InChI is InChI=1S/C21H19FN2O/c1-15-12-17(23)13-19(20(15)22)21(25)24(18-10-6-3-7-11-18)14-16-8-4-2-5-9-16/h2-13H,14,23H2,1H3. The van der Waals surface area contributed by atoms with Gasteiger partial charge in [-0.2, -0.15) is 0 Å². The first kappa shape index (κ1) is 16.7. The molecule has 0 radical (unpaired) electrons. The highest BCUT2D eigenvalue weighted by atomic mass is 19.1. The monoisotopic (exact) mass is 334 g/mol. The Labute approximate surface area is 146 Å². The van der Waals surface area contributed by atoms with Crippen LogP contribution >= 0.6 is 0 Å². The average molecular weight is 334 g/mol. The van der Waals surface area contributed by atoms with Crippen LogP contribution in [0.1, 0.15) is 21.5 Å². The number of aryl methyl sites for hydroxylation is 1. The highest BCUT2D eigenvalue weighted by molar-refractivity contribution is 6.06. The first-order valence-corrected chi connectivity index (χ1v) is 8.02. The Morgan fingerprint density at radius 1 is 1.00 bits per heavy atom. The fourth-order valence-electron chi connectivity index (χ4n) is 2.75. The van der Waals surface area contributed by atoms with Crippen molar-refractivity contribution >= 4 is 17.3 Å². The number of nitrogens with zero attached hydrogens (tertiary/aromatic N) is 1. The Kier molecular flexibility index (Phi) is 4.80. The van der Waals surface area contributed by atoms with Gasteiger partial charge in [-0.15, -0.1) is 0 Å². The molecule has 0 spiro atoms. The van der Waals surface area contributed by atoms with Gasteiger partial charge in [0, 0.05) is 11.4 Å². The summed E-state index contributed by atoms with van der Waals surface area (Å²) >= 11 is 0. The third-order valence-electron chi connectivity index (χ3n) is 4.00. The highest BCUT2D eigenvalue weighted by Gasteiger charge is 2.22. The fraction of sp³-hybridized carbons (Fsp3) is 0.0952. The minimum Gasteiger partial charge on any atom is -0.399 e. The van der Waals surface area contributed by atoms with Crippen LogP contribution in [0.3, 0.4) is 0 Å². The Morgan fingerprint density at radius 2 is 1.60 bits per heavy atom. The maximum atomic E-state index is 14.5. The smallest absolute Gasteiger partial charge is 0.261 e. The molecule has 126 valence electrons. The third kappa shape index (κ3) is 3.69. The van der Waals surface area contributed by atoms with Crippen LogP contribution in [-0.2, 0) is 6.54 Å². The normalized spacial score (nSPS) is 10.5. The SMILES string of the molecule is Cc1cc(N)cc(C(=O)N(Cc2ccccc2)c2ccccc2)c1F. The van der Waals surface area contributed by atoms with Crippen molar-refractivity contribution in [1.82, 2.24) is 0 Å². The number of rotatable bonds is 4. The molecule has 3 aromatic carbocycles. The molecule has 3 aromatic rings. The Bertz CT molecular complexity index is 879. The molecule has 4 heteroatoms. The number of benzene rings is 3. The molecule has 3 nitrogen and oxygen atoms in total. The zero-order chi connectivity index (χ0) is 17.8. The first-order chi connectivity index (χ1) is 12.1. The van der Waals surface area contributed by atoms with Crippen molar-refractivity contribution in [1.29, 1.82) is 0 Å². The molecular weight excluding hydrogens is 315 g/mol. The number of hydrogen-bond donors (Lipinski definition) is 1. The number of halogens is 1. The van der Waals surface area contributed by atoms with Gasteiger partial charge in [0.2, 0.25) is 0 Å². The van der Waals surface area contributed by atoms with Gasteiger partial charge in [0.05, 0.1) is 12.1 Å². The summed E-state index contributed by atoms with van der Waals surface area (Å²) in [5.41, 5.74) is 8.20. The summed E-state index contributed by atoms with van der Waals surface area (Å²) in [6.45, 7) is 1.95. The predicted molar refractivity (Wildman–Crippen MR) is 98.9 cm³/mol. The van der Waals surface area contributed by atoms with E-state index in [0.29, 0.717) is 23.5 Å². The molecule has 25 heavy (non-hydrogen) atoms. The first-order valence-electron chi connectivity index (χ1n) is 8.02. The molecule has 0 aliphatic carbocycles. The molecule has 2 N–H and O–H groups in total. The maximum Gasteiger partial charge on any atom is 0.261 e. The summed E-state index contributed by atoms with van der Waals surface area (Å²) in [5.74, 6) is -0.948. The highest BCUT2D eigenvalue weighted by Crippen LogP contribution is 2.24. The number of hydrogen-bond acceptors (Lipinski definition) is 2. The van der Waals surface area contributed by atoms with Gasteiger partial charge in [0.15, 0.2) is 0 Å². The van der Waals surface area contributed by atoms with E-state index in [2.05, 4.69) is 0 Å². The van der Waals surface area contributed by atoms with Crippen molar-refractivity contribution in [2.75, 3.05) is 10.6 Å². The van der Waals surface area contributed by atoms with Crippen molar-refractivity contribution in [2.24, 2.45) is 0 Å². The van der Waals surface area contributed by atoms with Gasteiger partial charge in [0.25, 0.3) is 5.91 Å². The summed E-state index contributed by atoms with van der Waals surface area (Å²) in [6.07, 6.45) is 0. The van der Waals surface area contributed by atoms with Crippen molar-refractivity contribution < 1.29 is 9.18 Å². The van der Waals surface area contributed by atoms with Gasteiger partial charge >= 0.3 is 0 Å². The number of nitrogens with two attached hydrogens (primary N) is 1. The van der Waals surface area contributed by atoms with Crippen LogP contribution in [0.5, 0.6) is 0 Å². The zero-order valence-corrected chi connectivity index (χ0v) is 13.9. The zero-order valence-electron chi connectivity index (χ0n) is 13.9. The molecule has 0 heterocycles. The second-order valence-corrected chi connectivity index (χ2v) is 5.91. The lowest BCUT2D eigenvalue weighted by molar-refractivity contribution is 0.0981. The van der Waals surface area contributed by atoms with E-state index in [1.807, 2.05) is 60.7 Å². The van der Waals surface area contributed by atoms with Crippen molar-refractivity contribution in [3.63, 3.8) is 0 Å². The molecule has 0 aromatic heterocycles. The van der Waals surface area contributed by atoms with Crippen LogP contribution in [-0.4, -0.2) is 5.91 Å². The van der Waals surface area contributed by atoms with Crippen LogP contribution in [0.25, 0.3) is 0 Å². The average Bonchev–Trinajstić information content (AvgIpc) is 2.64. The van der Waals surface area contributed by atoms with E-state index >= 15 is 0 Å². The summed E-state index contributed by atoms with van der Waals surface area (Å²) in [5, 5.41) is 0. The molecule has 0 unspecified atom stereocenters. The number of carbonyl (C=O) groups excluding carboxylic acids is 1.